The minimum absolute atomic E-state index is 0.0435. The van der Waals surface area contributed by atoms with Crippen LogP contribution < -0.4 is 0 Å². The second-order valence-corrected chi connectivity index (χ2v) is 5.25. The van der Waals surface area contributed by atoms with Crippen molar-refractivity contribution in [1.29, 1.82) is 0 Å². The number of aryl methyl sites for hydroxylation is 1. The summed E-state index contributed by atoms with van der Waals surface area (Å²) in [6.45, 7) is 0.379. The van der Waals surface area contributed by atoms with Crippen molar-refractivity contribution < 1.29 is 9.32 Å². The van der Waals surface area contributed by atoms with Crippen LogP contribution in [0.5, 0.6) is 0 Å². The van der Waals surface area contributed by atoms with E-state index in [1.165, 1.54) is 0 Å². The summed E-state index contributed by atoms with van der Waals surface area (Å²) >= 11 is 0. The molecule has 1 amide bonds. The first kappa shape index (κ1) is 15.0. The van der Waals surface area contributed by atoms with Crippen molar-refractivity contribution in [2.75, 3.05) is 7.05 Å². The molecule has 0 aromatic carbocycles. The van der Waals surface area contributed by atoms with Crippen LogP contribution in [0.3, 0.4) is 0 Å². The Kier molecular flexibility index (Phi) is 4.46. The van der Waals surface area contributed by atoms with Crippen LogP contribution >= 0.6 is 0 Å². The first-order valence-corrected chi connectivity index (χ1v) is 7.31. The van der Waals surface area contributed by atoms with Gasteiger partial charge in [-0.1, -0.05) is 11.2 Å². The lowest BCUT2D eigenvalue weighted by Crippen LogP contribution is -2.26. The lowest BCUT2D eigenvalue weighted by molar-refractivity contribution is -0.130. The average Bonchev–Trinajstić information content (AvgIpc) is 3.25. The first-order chi connectivity index (χ1) is 11.2. The molecule has 0 fully saturated rings. The van der Waals surface area contributed by atoms with Crippen molar-refractivity contribution >= 4 is 5.91 Å². The van der Waals surface area contributed by atoms with Gasteiger partial charge in [0.05, 0.1) is 18.4 Å². The smallest absolute Gasteiger partial charge is 0.223 e. The number of H-pyrrole nitrogens is 1. The van der Waals surface area contributed by atoms with Crippen LogP contribution in [0.25, 0.3) is 11.4 Å². The van der Waals surface area contributed by atoms with Crippen LogP contribution in [0.1, 0.15) is 17.7 Å². The van der Waals surface area contributed by atoms with Gasteiger partial charge < -0.3 is 9.42 Å². The number of rotatable bonds is 6. The molecule has 0 aliphatic heterocycles. The number of aromatic amines is 1. The maximum atomic E-state index is 12.1. The Morgan fingerprint density at radius 3 is 3.00 bits per heavy atom. The van der Waals surface area contributed by atoms with E-state index in [2.05, 4.69) is 20.3 Å². The lowest BCUT2D eigenvalue weighted by atomic mass is 10.2. The summed E-state index contributed by atoms with van der Waals surface area (Å²) in [6.07, 6.45) is 6.31. The van der Waals surface area contributed by atoms with Crippen LogP contribution in [-0.4, -0.2) is 38.2 Å². The molecule has 0 bridgehead atoms. The molecule has 0 radical (unpaired) electrons. The van der Waals surface area contributed by atoms with Gasteiger partial charge in [-0.25, -0.2) is 0 Å². The van der Waals surface area contributed by atoms with Gasteiger partial charge in [0.2, 0.25) is 5.91 Å². The number of hydrogen-bond donors (Lipinski definition) is 1. The van der Waals surface area contributed by atoms with Gasteiger partial charge in [-0.05, 0) is 24.1 Å². The second-order valence-electron chi connectivity index (χ2n) is 5.25. The number of aromatic nitrogens is 4. The largest absolute Gasteiger partial charge is 0.359 e. The van der Waals surface area contributed by atoms with Crippen LogP contribution in [0.4, 0.5) is 0 Å². The van der Waals surface area contributed by atoms with Crippen LogP contribution in [0.15, 0.2) is 47.4 Å². The average molecular weight is 311 g/mol. The second kappa shape index (κ2) is 6.87. The number of nitrogens with zero attached hydrogens (tertiary/aromatic N) is 4. The van der Waals surface area contributed by atoms with Crippen molar-refractivity contribution in [3.05, 3.63) is 54.2 Å². The summed E-state index contributed by atoms with van der Waals surface area (Å²) in [5.41, 5.74) is 2.43. The third kappa shape index (κ3) is 3.82. The van der Waals surface area contributed by atoms with E-state index in [4.69, 9.17) is 4.52 Å². The van der Waals surface area contributed by atoms with E-state index in [9.17, 15) is 4.79 Å². The highest BCUT2D eigenvalue weighted by Crippen LogP contribution is 2.17. The maximum Gasteiger partial charge on any atom is 0.223 e. The Morgan fingerprint density at radius 2 is 2.26 bits per heavy atom. The Morgan fingerprint density at radius 1 is 1.35 bits per heavy atom. The fraction of sp³-hybridized carbons (Fsp3) is 0.250. The Labute approximate surface area is 133 Å². The van der Waals surface area contributed by atoms with Gasteiger partial charge in [0.15, 0.2) is 5.76 Å². The summed E-state index contributed by atoms with van der Waals surface area (Å²) in [6, 6.07) is 7.41. The molecular formula is C16H17N5O2. The van der Waals surface area contributed by atoms with Crippen LogP contribution in [-0.2, 0) is 17.8 Å². The van der Waals surface area contributed by atoms with Gasteiger partial charge >= 0.3 is 0 Å². The fourth-order valence-corrected chi connectivity index (χ4v) is 2.20. The quantitative estimate of drug-likeness (QED) is 0.752. The molecule has 7 nitrogen and oxygen atoms in total. The van der Waals surface area contributed by atoms with Crippen molar-refractivity contribution in [2.45, 2.75) is 19.4 Å². The Balaban J connectivity index is 1.56. The van der Waals surface area contributed by atoms with Crippen molar-refractivity contribution in [3.8, 4) is 11.4 Å². The number of hydrogen-bond acceptors (Lipinski definition) is 5. The zero-order valence-corrected chi connectivity index (χ0v) is 12.8. The van der Waals surface area contributed by atoms with Crippen molar-refractivity contribution in [1.82, 2.24) is 25.2 Å². The minimum Gasteiger partial charge on any atom is -0.359 e. The zero-order valence-electron chi connectivity index (χ0n) is 12.8. The highest BCUT2D eigenvalue weighted by atomic mass is 16.5. The SMILES string of the molecule is CN(Cc1cc(-c2ccccn2)no1)C(=O)CCc1cn[nH]c1. The van der Waals surface area contributed by atoms with Gasteiger partial charge in [0.1, 0.15) is 5.69 Å². The molecule has 0 spiro atoms. The third-order valence-electron chi connectivity index (χ3n) is 3.49. The van der Waals surface area contributed by atoms with Gasteiger partial charge in [0.25, 0.3) is 0 Å². The van der Waals surface area contributed by atoms with Gasteiger partial charge in [0, 0.05) is 31.9 Å². The van der Waals surface area contributed by atoms with E-state index in [0.717, 1.165) is 11.3 Å². The maximum absolute atomic E-state index is 12.1. The summed E-state index contributed by atoms with van der Waals surface area (Å²) in [4.78, 5) is 18.0. The van der Waals surface area contributed by atoms with E-state index in [1.807, 2.05) is 24.3 Å². The van der Waals surface area contributed by atoms with E-state index in [0.29, 0.717) is 30.8 Å². The van der Waals surface area contributed by atoms with Crippen LogP contribution in [0.2, 0.25) is 0 Å². The van der Waals surface area contributed by atoms with E-state index >= 15 is 0 Å². The predicted octanol–water partition coefficient (Wildman–Crippen LogP) is 2.05. The Hall–Kier alpha value is -2.96. The highest BCUT2D eigenvalue weighted by Gasteiger charge is 2.14. The molecule has 7 heteroatoms. The van der Waals surface area contributed by atoms with E-state index in [1.54, 1.807) is 30.5 Å². The molecule has 0 saturated carbocycles. The molecule has 3 heterocycles. The van der Waals surface area contributed by atoms with Crippen LogP contribution in [0, 0.1) is 0 Å². The Bertz CT molecular complexity index is 752. The number of pyridine rings is 1. The third-order valence-corrected chi connectivity index (χ3v) is 3.49. The molecular weight excluding hydrogens is 294 g/mol. The number of carbonyl (C=O) groups is 1. The number of amides is 1. The molecule has 0 unspecified atom stereocenters. The first-order valence-electron chi connectivity index (χ1n) is 7.31. The topological polar surface area (TPSA) is 87.9 Å². The molecule has 0 aliphatic carbocycles. The molecule has 118 valence electrons. The zero-order chi connectivity index (χ0) is 16.1. The van der Waals surface area contributed by atoms with Gasteiger partial charge in [-0.3, -0.25) is 14.9 Å². The molecule has 3 aromatic rings. The number of carbonyl (C=O) groups excluding carboxylic acids is 1. The van der Waals surface area contributed by atoms with E-state index in [-0.39, 0.29) is 5.91 Å². The van der Waals surface area contributed by atoms with Crippen molar-refractivity contribution in [2.24, 2.45) is 0 Å². The highest BCUT2D eigenvalue weighted by molar-refractivity contribution is 5.76. The summed E-state index contributed by atoms with van der Waals surface area (Å²) in [5.74, 6) is 0.673. The summed E-state index contributed by atoms with van der Waals surface area (Å²) < 4.78 is 5.29. The monoisotopic (exact) mass is 311 g/mol. The van der Waals surface area contributed by atoms with Crippen molar-refractivity contribution in [3.63, 3.8) is 0 Å². The fourth-order valence-electron chi connectivity index (χ4n) is 2.20. The lowest BCUT2D eigenvalue weighted by Gasteiger charge is -2.14. The molecule has 3 aromatic heterocycles. The number of nitrogens with one attached hydrogen (secondary N) is 1. The molecule has 23 heavy (non-hydrogen) atoms. The molecule has 1 N–H and O–H groups in total. The molecule has 3 rings (SSSR count). The minimum atomic E-state index is 0.0435. The summed E-state index contributed by atoms with van der Waals surface area (Å²) in [7, 11) is 1.75. The van der Waals surface area contributed by atoms with Gasteiger partial charge in [-0.15, -0.1) is 0 Å². The molecule has 0 saturated heterocycles. The molecule has 0 atom stereocenters. The van der Waals surface area contributed by atoms with Gasteiger partial charge in [-0.2, -0.15) is 5.10 Å². The standard InChI is InChI=1S/C16H17N5O2/c1-21(16(22)6-5-12-9-18-19-10-12)11-13-8-15(20-23-13)14-4-2-3-7-17-14/h2-4,7-10H,5-6,11H2,1H3,(H,18,19). The predicted molar refractivity (Wildman–Crippen MR) is 83.1 cm³/mol. The normalized spacial score (nSPS) is 10.7. The van der Waals surface area contributed by atoms with E-state index < -0.39 is 0 Å². The summed E-state index contributed by atoms with van der Waals surface area (Å²) in [5, 5.41) is 10.6. The molecule has 0 aliphatic rings.